The Hall–Kier alpha value is -2.93. The molecule has 1 aromatic heterocycles. The van der Waals surface area contributed by atoms with Gasteiger partial charge in [-0.25, -0.2) is 4.98 Å². The molecule has 8 heteroatoms. The zero-order chi connectivity index (χ0) is 17.3. The molecule has 0 atom stereocenters. The summed E-state index contributed by atoms with van der Waals surface area (Å²) in [4.78, 5) is 25.9. The van der Waals surface area contributed by atoms with E-state index in [0.717, 1.165) is 5.56 Å². The summed E-state index contributed by atoms with van der Waals surface area (Å²) in [5.74, 6) is -0.100. The number of carbonyl (C=O) groups excluding carboxylic acids is 1. The summed E-state index contributed by atoms with van der Waals surface area (Å²) in [6.45, 7) is 0. The van der Waals surface area contributed by atoms with Gasteiger partial charge in [-0.05, 0) is 23.8 Å². The second-order valence-corrected chi connectivity index (χ2v) is 5.40. The maximum Gasteiger partial charge on any atom is 0.309 e. The van der Waals surface area contributed by atoms with Crippen LogP contribution < -0.4 is 0 Å². The van der Waals surface area contributed by atoms with Crippen LogP contribution in [-0.2, 0) is 16.0 Å². The molecule has 0 amide bonds. The fourth-order valence-electron chi connectivity index (χ4n) is 2.23. The van der Waals surface area contributed by atoms with Crippen molar-refractivity contribution in [2.45, 2.75) is 6.42 Å². The van der Waals surface area contributed by atoms with Crippen molar-refractivity contribution in [3.63, 3.8) is 0 Å². The van der Waals surface area contributed by atoms with Gasteiger partial charge in [0.1, 0.15) is 5.52 Å². The third-order valence-electron chi connectivity index (χ3n) is 3.42. The SMILES string of the molecule is COC(=O)Cc1ccc2oc(-c3ccc([N+](=O)[O-])cc3Cl)nc2c1. The van der Waals surface area contributed by atoms with Crippen LogP contribution >= 0.6 is 11.6 Å². The monoisotopic (exact) mass is 346 g/mol. The van der Waals surface area contributed by atoms with Crippen molar-refractivity contribution < 1.29 is 18.9 Å². The van der Waals surface area contributed by atoms with Crippen molar-refractivity contribution in [3.8, 4) is 11.5 Å². The van der Waals surface area contributed by atoms with Gasteiger partial charge in [0, 0.05) is 12.1 Å². The molecule has 0 fully saturated rings. The average Bonchev–Trinajstić information content (AvgIpc) is 2.97. The smallest absolute Gasteiger partial charge is 0.309 e. The summed E-state index contributed by atoms with van der Waals surface area (Å²) in [5.41, 5.74) is 2.16. The molecule has 0 unspecified atom stereocenters. The maximum atomic E-state index is 11.3. The van der Waals surface area contributed by atoms with Crippen LogP contribution in [0.2, 0.25) is 5.02 Å². The highest BCUT2D eigenvalue weighted by Gasteiger charge is 2.16. The van der Waals surface area contributed by atoms with Gasteiger partial charge in [0.2, 0.25) is 5.89 Å². The van der Waals surface area contributed by atoms with Crippen LogP contribution in [0.5, 0.6) is 0 Å². The largest absolute Gasteiger partial charge is 0.469 e. The van der Waals surface area contributed by atoms with Crippen LogP contribution in [-0.4, -0.2) is 23.0 Å². The lowest BCUT2D eigenvalue weighted by atomic mass is 10.1. The van der Waals surface area contributed by atoms with E-state index in [1.54, 1.807) is 18.2 Å². The molecule has 0 N–H and O–H groups in total. The van der Waals surface area contributed by atoms with Gasteiger partial charge >= 0.3 is 5.97 Å². The standard InChI is InChI=1S/C16H11ClN2O5/c1-23-15(20)7-9-2-5-14-13(6-9)18-16(24-14)11-4-3-10(19(21)22)8-12(11)17/h2-6,8H,7H2,1H3. The number of hydrogen-bond acceptors (Lipinski definition) is 6. The number of aromatic nitrogens is 1. The van der Waals surface area contributed by atoms with Gasteiger partial charge in [-0.1, -0.05) is 17.7 Å². The van der Waals surface area contributed by atoms with Gasteiger partial charge in [0.05, 0.1) is 29.0 Å². The number of carbonyl (C=O) groups is 1. The van der Waals surface area contributed by atoms with E-state index in [1.165, 1.54) is 25.3 Å². The Morgan fingerprint density at radius 2 is 2.12 bits per heavy atom. The molecule has 0 bridgehead atoms. The highest BCUT2D eigenvalue weighted by molar-refractivity contribution is 6.33. The van der Waals surface area contributed by atoms with Gasteiger partial charge in [-0.15, -0.1) is 0 Å². The highest BCUT2D eigenvalue weighted by Crippen LogP contribution is 2.32. The Labute approximate surface area is 141 Å². The predicted molar refractivity (Wildman–Crippen MR) is 86.8 cm³/mol. The number of rotatable bonds is 4. The Morgan fingerprint density at radius 1 is 1.33 bits per heavy atom. The minimum atomic E-state index is -0.527. The first-order valence-electron chi connectivity index (χ1n) is 6.88. The Kier molecular flexibility index (Phi) is 4.18. The molecular weight excluding hydrogens is 336 g/mol. The van der Waals surface area contributed by atoms with Crippen molar-refractivity contribution in [1.82, 2.24) is 4.98 Å². The number of esters is 1. The van der Waals surface area contributed by atoms with Crippen molar-refractivity contribution in [3.05, 3.63) is 57.1 Å². The number of hydrogen-bond donors (Lipinski definition) is 0. The van der Waals surface area contributed by atoms with E-state index in [1.807, 2.05) is 0 Å². The molecule has 24 heavy (non-hydrogen) atoms. The fraction of sp³-hybridized carbons (Fsp3) is 0.125. The van der Waals surface area contributed by atoms with Gasteiger partial charge in [0.15, 0.2) is 5.58 Å². The molecule has 0 saturated carbocycles. The second kappa shape index (κ2) is 6.29. The van der Waals surface area contributed by atoms with Crippen molar-refractivity contribution in [2.24, 2.45) is 0 Å². The third kappa shape index (κ3) is 3.07. The van der Waals surface area contributed by atoms with Gasteiger partial charge < -0.3 is 9.15 Å². The zero-order valence-corrected chi connectivity index (χ0v) is 13.2. The molecule has 0 aliphatic heterocycles. The topological polar surface area (TPSA) is 95.5 Å². The third-order valence-corrected chi connectivity index (χ3v) is 3.73. The van der Waals surface area contributed by atoms with Crippen LogP contribution in [0.4, 0.5) is 5.69 Å². The Balaban J connectivity index is 1.99. The van der Waals surface area contributed by atoms with E-state index in [0.29, 0.717) is 16.7 Å². The first-order chi connectivity index (χ1) is 11.5. The molecule has 0 spiro atoms. The lowest BCUT2D eigenvalue weighted by Gasteiger charge is -1.98. The zero-order valence-electron chi connectivity index (χ0n) is 12.5. The van der Waals surface area contributed by atoms with Crippen LogP contribution in [0.15, 0.2) is 40.8 Å². The number of nitrogens with zero attached hydrogens (tertiary/aromatic N) is 2. The highest BCUT2D eigenvalue weighted by atomic mass is 35.5. The molecule has 122 valence electrons. The first kappa shape index (κ1) is 15.9. The van der Waals surface area contributed by atoms with Crippen molar-refractivity contribution in [1.29, 1.82) is 0 Å². The van der Waals surface area contributed by atoms with E-state index in [-0.39, 0.29) is 29.0 Å². The molecule has 2 aromatic carbocycles. The number of fused-ring (bicyclic) bond motifs is 1. The van der Waals surface area contributed by atoms with Gasteiger partial charge in [-0.3, -0.25) is 14.9 Å². The average molecular weight is 347 g/mol. The number of ether oxygens (including phenoxy) is 1. The van der Waals surface area contributed by atoms with E-state index in [9.17, 15) is 14.9 Å². The van der Waals surface area contributed by atoms with Crippen LogP contribution in [0.1, 0.15) is 5.56 Å². The van der Waals surface area contributed by atoms with Crippen molar-refractivity contribution >= 4 is 34.4 Å². The second-order valence-electron chi connectivity index (χ2n) is 5.00. The van der Waals surface area contributed by atoms with E-state index in [4.69, 9.17) is 16.0 Å². The summed E-state index contributed by atoms with van der Waals surface area (Å²) in [6, 6.07) is 9.22. The predicted octanol–water partition coefficient (Wildman–Crippen LogP) is 3.77. The molecule has 7 nitrogen and oxygen atoms in total. The summed E-state index contributed by atoms with van der Waals surface area (Å²) < 4.78 is 10.3. The van der Waals surface area contributed by atoms with Crippen molar-refractivity contribution in [2.75, 3.05) is 7.11 Å². The number of halogens is 1. The van der Waals surface area contributed by atoms with Gasteiger partial charge in [0.25, 0.3) is 5.69 Å². The summed E-state index contributed by atoms with van der Waals surface area (Å²) in [6.07, 6.45) is 0.132. The molecule has 0 saturated heterocycles. The molecule has 3 rings (SSSR count). The minimum absolute atomic E-state index is 0.111. The number of methoxy groups -OCH3 is 1. The molecule has 0 radical (unpaired) electrons. The number of nitro benzene ring substituents is 1. The molecule has 1 heterocycles. The molecule has 0 aliphatic rings. The lowest BCUT2D eigenvalue weighted by Crippen LogP contribution is -2.04. The molecule has 0 aliphatic carbocycles. The molecular formula is C16H11ClN2O5. The lowest BCUT2D eigenvalue weighted by molar-refractivity contribution is -0.384. The Bertz CT molecular complexity index is 951. The normalized spacial score (nSPS) is 10.8. The van der Waals surface area contributed by atoms with Crippen LogP contribution in [0, 0.1) is 10.1 Å². The summed E-state index contributed by atoms with van der Waals surface area (Å²) in [7, 11) is 1.33. The number of oxazole rings is 1. The molecule has 3 aromatic rings. The van der Waals surface area contributed by atoms with E-state index >= 15 is 0 Å². The van der Waals surface area contributed by atoms with Crippen LogP contribution in [0.3, 0.4) is 0 Å². The maximum absolute atomic E-state index is 11.3. The summed E-state index contributed by atoms with van der Waals surface area (Å²) in [5, 5.41) is 10.9. The number of nitro groups is 1. The number of non-ortho nitro benzene ring substituents is 1. The quantitative estimate of drug-likeness (QED) is 0.405. The number of benzene rings is 2. The van der Waals surface area contributed by atoms with Gasteiger partial charge in [-0.2, -0.15) is 0 Å². The summed E-state index contributed by atoms with van der Waals surface area (Å²) >= 11 is 6.09. The van der Waals surface area contributed by atoms with E-state index < -0.39 is 4.92 Å². The Morgan fingerprint density at radius 3 is 2.79 bits per heavy atom. The first-order valence-corrected chi connectivity index (χ1v) is 7.26. The van der Waals surface area contributed by atoms with Crippen LogP contribution in [0.25, 0.3) is 22.6 Å². The minimum Gasteiger partial charge on any atom is -0.469 e. The fourth-order valence-corrected chi connectivity index (χ4v) is 2.48. The van der Waals surface area contributed by atoms with E-state index in [2.05, 4.69) is 9.72 Å².